The molecule has 0 unspecified atom stereocenters. The lowest BCUT2D eigenvalue weighted by atomic mass is 10.2. The molecule has 0 fully saturated rings. The van der Waals surface area contributed by atoms with E-state index in [1.807, 2.05) is 31.2 Å². The number of hydrogen-bond acceptors (Lipinski definition) is 4. The molecule has 19 heavy (non-hydrogen) atoms. The lowest BCUT2D eigenvalue weighted by Crippen LogP contribution is -2.26. The highest BCUT2D eigenvalue weighted by Crippen LogP contribution is 2.22. The summed E-state index contributed by atoms with van der Waals surface area (Å²) in [6, 6.07) is 7.45. The Morgan fingerprint density at radius 1 is 1.37 bits per heavy atom. The minimum atomic E-state index is -0.179. The van der Waals surface area contributed by atoms with Gasteiger partial charge in [-0.25, -0.2) is 5.43 Å². The van der Waals surface area contributed by atoms with Crippen molar-refractivity contribution in [2.75, 3.05) is 19.0 Å². The van der Waals surface area contributed by atoms with Crippen LogP contribution in [0.4, 0.5) is 5.69 Å². The summed E-state index contributed by atoms with van der Waals surface area (Å²) < 4.78 is 5.19. The first-order valence-electron chi connectivity index (χ1n) is 6.36. The third kappa shape index (κ3) is 5.42. The molecule has 1 rings (SSSR count). The van der Waals surface area contributed by atoms with Crippen molar-refractivity contribution < 1.29 is 9.53 Å². The van der Waals surface area contributed by atoms with Crippen molar-refractivity contribution >= 4 is 17.3 Å². The molecule has 0 atom stereocenters. The van der Waals surface area contributed by atoms with Crippen LogP contribution in [-0.4, -0.2) is 25.3 Å². The lowest BCUT2D eigenvalue weighted by Gasteiger charge is -2.09. The molecule has 0 aliphatic carbocycles. The van der Waals surface area contributed by atoms with Crippen LogP contribution in [0.25, 0.3) is 0 Å². The number of carbonyl (C=O) groups excluding carboxylic acids is 1. The smallest absolute Gasteiger partial charge is 0.259 e. The van der Waals surface area contributed by atoms with Crippen molar-refractivity contribution in [2.45, 2.75) is 26.7 Å². The van der Waals surface area contributed by atoms with Crippen LogP contribution in [0.15, 0.2) is 29.4 Å². The maximum atomic E-state index is 11.6. The highest BCUT2D eigenvalue weighted by molar-refractivity contribution is 5.85. The predicted molar refractivity (Wildman–Crippen MR) is 77.6 cm³/mol. The van der Waals surface area contributed by atoms with Gasteiger partial charge in [0.1, 0.15) is 5.75 Å². The number of methoxy groups -OCH3 is 1. The van der Waals surface area contributed by atoms with Gasteiger partial charge in [-0.05, 0) is 25.5 Å². The zero-order chi connectivity index (χ0) is 14.1. The number of ether oxygens (including phenoxy) is 1. The zero-order valence-corrected chi connectivity index (χ0v) is 11.7. The number of nitrogens with zero attached hydrogens (tertiary/aromatic N) is 1. The highest BCUT2D eigenvalue weighted by atomic mass is 16.5. The van der Waals surface area contributed by atoms with Crippen molar-refractivity contribution in [3.8, 4) is 5.75 Å². The number of nitrogens with one attached hydrogen (secondary N) is 2. The topological polar surface area (TPSA) is 62.7 Å². The number of rotatable bonds is 7. The summed E-state index contributed by atoms with van der Waals surface area (Å²) in [5.41, 5.74) is 4.23. The zero-order valence-electron chi connectivity index (χ0n) is 11.7. The van der Waals surface area contributed by atoms with E-state index in [-0.39, 0.29) is 12.5 Å². The van der Waals surface area contributed by atoms with Crippen LogP contribution in [0.1, 0.15) is 26.7 Å². The van der Waals surface area contributed by atoms with E-state index in [4.69, 9.17) is 4.74 Å². The van der Waals surface area contributed by atoms with E-state index in [2.05, 4.69) is 22.8 Å². The molecule has 0 aliphatic rings. The van der Waals surface area contributed by atoms with Gasteiger partial charge in [-0.1, -0.05) is 25.5 Å². The van der Waals surface area contributed by atoms with Crippen molar-refractivity contribution in [2.24, 2.45) is 5.10 Å². The van der Waals surface area contributed by atoms with Gasteiger partial charge in [0.05, 0.1) is 19.3 Å². The van der Waals surface area contributed by atoms with Crippen LogP contribution in [0.5, 0.6) is 5.75 Å². The number of carbonyl (C=O) groups is 1. The molecule has 2 N–H and O–H groups in total. The predicted octanol–water partition coefficient (Wildman–Crippen LogP) is 2.40. The van der Waals surface area contributed by atoms with E-state index in [0.717, 1.165) is 24.2 Å². The first-order chi connectivity index (χ1) is 9.17. The fourth-order valence-electron chi connectivity index (χ4n) is 1.58. The van der Waals surface area contributed by atoms with E-state index in [9.17, 15) is 4.79 Å². The van der Waals surface area contributed by atoms with Crippen LogP contribution in [0.3, 0.4) is 0 Å². The molecule has 0 radical (unpaired) electrons. The molecule has 0 heterocycles. The fraction of sp³-hybridized carbons (Fsp3) is 0.429. The highest BCUT2D eigenvalue weighted by Gasteiger charge is 2.04. The number of amides is 1. The third-order valence-corrected chi connectivity index (χ3v) is 2.53. The van der Waals surface area contributed by atoms with Gasteiger partial charge < -0.3 is 10.1 Å². The Labute approximate surface area is 114 Å². The molecule has 5 nitrogen and oxygen atoms in total. The number of para-hydroxylation sites is 2. The minimum Gasteiger partial charge on any atom is -0.495 e. The van der Waals surface area contributed by atoms with Crippen LogP contribution < -0.4 is 15.5 Å². The second-order valence-corrected chi connectivity index (χ2v) is 4.19. The van der Waals surface area contributed by atoms with Crippen molar-refractivity contribution in [3.63, 3.8) is 0 Å². The van der Waals surface area contributed by atoms with Gasteiger partial charge in [-0.3, -0.25) is 4.79 Å². The molecule has 1 aromatic carbocycles. The SMILES string of the molecule is CCC/C(C)=N\NC(=O)CNc1ccccc1OC. The van der Waals surface area contributed by atoms with E-state index in [1.165, 1.54) is 0 Å². The van der Waals surface area contributed by atoms with Crippen molar-refractivity contribution in [1.82, 2.24) is 5.43 Å². The van der Waals surface area contributed by atoms with Gasteiger partial charge in [-0.2, -0.15) is 5.10 Å². The summed E-state index contributed by atoms with van der Waals surface area (Å²) in [4.78, 5) is 11.6. The summed E-state index contributed by atoms with van der Waals surface area (Å²) in [5.74, 6) is 0.530. The van der Waals surface area contributed by atoms with E-state index >= 15 is 0 Å². The average molecular weight is 263 g/mol. The standard InChI is InChI=1S/C14H21N3O2/c1-4-7-11(2)16-17-14(18)10-15-12-8-5-6-9-13(12)19-3/h5-6,8-9,15H,4,7,10H2,1-3H3,(H,17,18)/b16-11-. The van der Waals surface area contributed by atoms with Gasteiger partial charge in [-0.15, -0.1) is 0 Å². The van der Waals surface area contributed by atoms with E-state index in [1.54, 1.807) is 7.11 Å². The largest absolute Gasteiger partial charge is 0.495 e. The van der Waals surface area contributed by atoms with Gasteiger partial charge >= 0.3 is 0 Å². The molecule has 5 heteroatoms. The minimum absolute atomic E-state index is 0.156. The van der Waals surface area contributed by atoms with Gasteiger partial charge in [0, 0.05) is 5.71 Å². The second-order valence-electron chi connectivity index (χ2n) is 4.19. The number of hydrogen-bond donors (Lipinski definition) is 2. The summed E-state index contributed by atoms with van der Waals surface area (Å²) in [6.07, 6.45) is 1.91. The molecule has 0 saturated heterocycles. The van der Waals surface area contributed by atoms with Crippen LogP contribution in [-0.2, 0) is 4.79 Å². The fourth-order valence-corrected chi connectivity index (χ4v) is 1.58. The second kappa shape index (κ2) is 8.13. The molecule has 104 valence electrons. The Kier molecular flexibility index (Phi) is 6.43. The van der Waals surface area contributed by atoms with Gasteiger partial charge in [0.25, 0.3) is 5.91 Å². The molecular weight excluding hydrogens is 242 g/mol. The number of benzene rings is 1. The average Bonchev–Trinajstić information content (AvgIpc) is 2.43. The maximum Gasteiger partial charge on any atom is 0.259 e. The third-order valence-electron chi connectivity index (χ3n) is 2.53. The van der Waals surface area contributed by atoms with Crippen LogP contribution in [0, 0.1) is 0 Å². The number of hydrazone groups is 1. The van der Waals surface area contributed by atoms with Crippen molar-refractivity contribution in [3.05, 3.63) is 24.3 Å². The molecule has 1 aromatic rings. The first kappa shape index (κ1) is 15.0. The molecule has 1 amide bonds. The Hall–Kier alpha value is -2.04. The lowest BCUT2D eigenvalue weighted by molar-refractivity contribution is -0.119. The summed E-state index contributed by atoms with van der Waals surface area (Å²) in [5, 5.41) is 7.03. The molecule has 0 spiro atoms. The molecular formula is C14H21N3O2. The first-order valence-corrected chi connectivity index (χ1v) is 6.36. The maximum absolute atomic E-state index is 11.6. The number of anilines is 1. The Bertz CT molecular complexity index is 444. The summed E-state index contributed by atoms with van der Waals surface area (Å²) in [6.45, 7) is 4.13. The van der Waals surface area contributed by atoms with Crippen LogP contribution in [0.2, 0.25) is 0 Å². The summed E-state index contributed by atoms with van der Waals surface area (Å²) in [7, 11) is 1.60. The Morgan fingerprint density at radius 3 is 2.79 bits per heavy atom. The molecule has 0 aromatic heterocycles. The monoisotopic (exact) mass is 263 g/mol. The van der Waals surface area contributed by atoms with E-state index < -0.39 is 0 Å². The van der Waals surface area contributed by atoms with Gasteiger partial charge in [0.2, 0.25) is 0 Å². The quantitative estimate of drug-likeness (QED) is 0.586. The van der Waals surface area contributed by atoms with E-state index in [0.29, 0.717) is 5.75 Å². The normalized spacial score (nSPS) is 11.0. The van der Waals surface area contributed by atoms with Crippen molar-refractivity contribution in [1.29, 1.82) is 0 Å². The Morgan fingerprint density at radius 2 is 2.11 bits per heavy atom. The Balaban J connectivity index is 2.44. The van der Waals surface area contributed by atoms with Gasteiger partial charge in [0.15, 0.2) is 0 Å². The summed E-state index contributed by atoms with van der Waals surface area (Å²) >= 11 is 0. The van der Waals surface area contributed by atoms with Crippen LogP contribution >= 0.6 is 0 Å². The molecule has 0 saturated carbocycles. The molecule has 0 bridgehead atoms. The molecule has 0 aliphatic heterocycles.